The second-order valence-electron chi connectivity index (χ2n) is 8.69. The summed E-state index contributed by atoms with van der Waals surface area (Å²) in [6.45, 7) is 7.48. The van der Waals surface area contributed by atoms with Gasteiger partial charge in [0.1, 0.15) is 18.2 Å². The number of rotatable bonds is 6. The van der Waals surface area contributed by atoms with Crippen molar-refractivity contribution in [2.75, 3.05) is 6.61 Å². The highest BCUT2D eigenvalue weighted by atomic mass is 32.2. The Morgan fingerprint density at radius 3 is 2.68 bits per heavy atom. The van der Waals surface area contributed by atoms with E-state index in [9.17, 15) is 4.79 Å². The minimum absolute atomic E-state index is 0.157. The van der Waals surface area contributed by atoms with Crippen LogP contribution in [0.25, 0.3) is 17.0 Å². The summed E-state index contributed by atoms with van der Waals surface area (Å²) in [6, 6.07) is 16.3. The van der Waals surface area contributed by atoms with Gasteiger partial charge in [-0.05, 0) is 42.7 Å². The maximum absolute atomic E-state index is 12.7. The number of amidine groups is 2. The fourth-order valence-electron chi connectivity index (χ4n) is 4.14. The molecule has 1 N–H and O–H groups in total. The van der Waals surface area contributed by atoms with Crippen LogP contribution >= 0.6 is 11.8 Å². The average Bonchev–Trinajstić information content (AvgIpc) is 3.37. The van der Waals surface area contributed by atoms with Gasteiger partial charge in [-0.25, -0.2) is 0 Å². The Labute approximate surface area is 203 Å². The predicted octanol–water partition coefficient (Wildman–Crippen LogP) is 6.01. The van der Waals surface area contributed by atoms with Crippen molar-refractivity contribution < 1.29 is 9.53 Å². The Balaban J connectivity index is 1.39. The standard InChI is InChI=1S/C27H26N4O2S/c1-17(2)19-8-10-21(11-9-19)33-13-12-30-16-20(22-6-4-5-7-24(22)30)14-23-25(28)31-15-18(3)34-27(31)29-26(23)32/h4-11,14-17,28H,12-13H2,1-3H3/b23-14-,28-25?. The summed E-state index contributed by atoms with van der Waals surface area (Å²) < 4.78 is 8.12. The molecule has 3 heterocycles. The first kappa shape index (κ1) is 22.2. The first-order valence-electron chi connectivity index (χ1n) is 11.3. The van der Waals surface area contributed by atoms with Crippen LogP contribution in [-0.2, 0) is 11.3 Å². The zero-order valence-corrected chi connectivity index (χ0v) is 20.2. The zero-order valence-electron chi connectivity index (χ0n) is 19.4. The van der Waals surface area contributed by atoms with Gasteiger partial charge in [0.15, 0.2) is 5.17 Å². The number of aromatic nitrogens is 1. The number of fused-ring (bicyclic) bond motifs is 2. The largest absolute Gasteiger partial charge is 0.492 e. The van der Waals surface area contributed by atoms with Gasteiger partial charge < -0.3 is 9.30 Å². The summed E-state index contributed by atoms with van der Waals surface area (Å²) in [6.07, 6.45) is 5.64. The number of para-hydroxylation sites is 1. The molecule has 0 radical (unpaired) electrons. The van der Waals surface area contributed by atoms with Crippen molar-refractivity contribution in [2.24, 2.45) is 4.99 Å². The van der Waals surface area contributed by atoms with Crippen molar-refractivity contribution >= 4 is 45.7 Å². The van der Waals surface area contributed by atoms with Gasteiger partial charge in [-0.2, -0.15) is 4.99 Å². The SMILES string of the molecule is CC1=CN2C(=N)/C(=C/c3cn(CCOc4ccc(C(C)C)cc4)c4ccccc34)C(=O)N=C2S1. The molecule has 1 aromatic heterocycles. The molecule has 172 valence electrons. The van der Waals surface area contributed by atoms with E-state index < -0.39 is 0 Å². The second kappa shape index (κ2) is 8.99. The number of thioether (sulfide) groups is 1. The topological polar surface area (TPSA) is 70.7 Å². The molecule has 2 aliphatic heterocycles. The molecule has 0 fully saturated rings. The minimum atomic E-state index is -0.378. The number of amides is 1. The van der Waals surface area contributed by atoms with Crippen LogP contribution in [-0.4, -0.2) is 33.0 Å². The van der Waals surface area contributed by atoms with Crippen LogP contribution in [0.2, 0.25) is 0 Å². The monoisotopic (exact) mass is 470 g/mol. The fraction of sp³-hybridized carbons (Fsp3) is 0.222. The molecule has 2 aromatic carbocycles. The number of hydrogen-bond acceptors (Lipinski definition) is 4. The third-order valence-corrected chi connectivity index (χ3v) is 6.86. The summed E-state index contributed by atoms with van der Waals surface area (Å²) in [5.41, 5.74) is 3.52. The highest BCUT2D eigenvalue weighted by Gasteiger charge is 2.33. The smallest absolute Gasteiger partial charge is 0.283 e. The van der Waals surface area contributed by atoms with Gasteiger partial charge in [0, 0.05) is 33.8 Å². The van der Waals surface area contributed by atoms with Gasteiger partial charge in [-0.15, -0.1) is 0 Å². The zero-order chi connectivity index (χ0) is 23.8. The van der Waals surface area contributed by atoms with Crippen LogP contribution < -0.4 is 4.74 Å². The van der Waals surface area contributed by atoms with Crippen LogP contribution in [0.3, 0.4) is 0 Å². The first-order valence-corrected chi connectivity index (χ1v) is 12.1. The maximum atomic E-state index is 12.7. The molecule has 0 aliphatic carbocycles. The lowest BCUT2D eigenvalue weighted by atomic mass is 10.0. The molecule has 0 unspecified atom stereocenters. The van der Waals surface area contributed by atoms with Crippen LogP contribution in [0.1, 0.15) is 37.8 Å². The molecule has 0 saturated heterocycles. The first-order chi connectivity index (χ1) is 16.4. The van der Waals surface area contributed by atoms with Crippen LogP contribution in [0, 0.1) is 5.41 Å². The highest BCUT2D eigenvalue weighted by molar-refractivity contribution is 8.17. The molecule has 0 atom stereocenters. The number of allylic oxidation sites excluding steroid dienone is 1. The van der Waals surface area contributed by atoms with E-state index in [1.54, 1.807) is 11.0 Å². The number of carbonyl (C=O) groups is 1. The number of hydrogen-bond donors (Lipinski definition) is 1. The summed E-state index contributed by atoms with van der Waals surface area (Å²) in [5, 5.41) is 10.1. The number of nitrogens with zero attached hydrogens (tertiary/aromatic N) is 3. The number of ether oxygens (including phenoxy) is 1. The Bertz CT molecular complexity index is 1380. The summed E-state index contributed by atoms with van der Waals surface area (Å²) in [4.78, 5) is 19.6. The molecule has 3 aromatic rings. The van der Waals surface area contributed by atoms with E-state index in [0.29, 0.717) is 29.8 Å². The fourth-order valence-corrected chi connectivity index (χ4v) is 4.96. The third-order valence-electron chi connectivity index (χ3n) is 5.96. The average molecular weight is 471 g/mol. The third kappa shape index (κ3) is 4.19. The van der Waals surface area contributed by atoms with Crippen LogP contribution in [0.15, 0.2) is 76.4 Å². The van der Waals surface area contributed by atoms with Crippen LogP contribution in [0.5, 0.6) is 5.75 Å². The van der Waals surface area contributed by atoms with E-state index in [1.807, 2.05) is 49.7 Å². The normalized spacial score (nSPS) is 16.9. The van der Waals surface area contributed by atoms with E-state index in [4.69, 9.17) is 10.1 Å². The molecule has 2 aliphatic rings. The Morgan fingerprint density at radius 2 is 1.91 bits per heavy atom. The Kier molecular flexibility index (Phi) is 5.87. The molecule has 6 nitrogen and oxygen atoms in total. The molecule has 1 amide bonds. The van der Waals surface area contributed by atoms with Crippen molar-refractivity contribution in [1.82, 2.24) is 9.47 Å². The molecule has 0 saturated carbocycles. The predicted molar refractivity (Wildman–Crippen MR) is 139 cm³/mol. The summed E-state index contributed by atoms with van der Waals surface area (Å²) >= 11 is 1.41. The van der Waals surface area contributed by atoms with Crippen molar-refractivity contribution in [3.05, 3.63) is 82.5 Å². The van der Waals surface area contributed by atoms with Crippen molar-refractivity contribution in [3.8, 4) is 5.75 Å². The van der Waals surface area contributed by atoms with E-state index in [2.05, 4.69) is 41.6 Å². The van der Waals surface area contributed by atoms with Gasteiger partial charge in [-0.1, -0.05) is 55.9 Å². The van der Waals surface area contributed by atoms with Gasteiger partial charge >= 0.3 is 0 Å². The maximum Gasteiger partial charge on any atom is 0.283 e. The Morgan fingerprint density at radius 1 is 1.15 bits per heavy atom. The van der Waals surface area contributed by atoms with Gasteiger partial charge in [0.25, 0.3) is 5.91 Å². The van der Waals surface area contributed by atoms with E-state index in [1.165, 1.54) is 17.3 Å². The Hall–Kier alpha value is -3.58. The molecule has 0 spiro atoms. The van der Waals surface area contributed by atoms with Crippen LogP contribution in [0.4, 0.5) is 0 Å². The molecule has 0 bridgehead atoms. The van der Waals surface area contributed by atoms with E-state index in [0.717, 1.165) is 27.1 Å². The minimum Gasteiger partial charge on any atom is -0.492 e. The lowest BCUT2D eigenvalue weighted by Gasteiger charge is -2.22. The van der Waals surface area contributed by atoms with E-state index >= 15 is 0 Å². The lowest BCUT2D eigenvalue weighted by Crippen LogP contribution is -2.35. The van der Waals surface area contributed by atoms with Crippen molar-refractivity contribution in [1.29, 1.82) is 5.41 Å². The molecule has 7 heteroatoms. The number of nitrogens with one attached hydrogen (secondary N) is 1. The number of aliphatic imine (C=N–C) groups is 1. The van der Waals surface area contributed by atoms with Gasteiger partial charge in [-0.3, -0.25) is 15.1 Å². The molecular formula is C27H26N4O2S. The summed E-state index contributed by atoms with van der Waals surface area (Å²) in [5.74, 6) is 1.12. The van der Waals surface area contributed by atoms with Gasteiger partial charge in [0.05, 0.1) is 12.1 Å². The van der Waals surface area contributed by atoms with Gasteiger partial charge in [0.2, 0.25) is 0 Å². The molecule has 34 heavy (non-hydrogen) atoms. The van der Waals surface area contributed by atoms with Crippen molar-refractivity contribution in [3.63, 3.8) is 0 Å². The number of carbonyl (C=O) groups excluding carboxylic acids is 1. The quantitative estimate of drug-likeness (QED) is 0.448. The second-order valence-corrected chi connectivity index (χ2v) is 9.90. The number of benzene rings is 2. The summed E-state index contributed by atoms with van der Waals surface area (Å²) in [7, 11) is 0. The highest BCUT2D eigenvalue weighted by Crippen LogP contribution is 2.33. The molecular weight excluding hydrogens is 444 g/mol. The lowest BCUT2D eigenvalue weighted by molar-refractivity contribution is -0.114. The molecule has 5 rings (SSSR count). The van der Waals surface area contributed by atoms with E-state index in [-0.39, 0.29) is 11.7 Å². The van der Waals surface area contributed by atoms with Crippen molar-refractivity contribution in [2.45, 2.75) is 33.2 Å².